The summed E-state index contributed by atoms with van der Waals surface area (Å²) in [4.78, 5) is 2.47. The number of rotatable bonds is 5. The molecule has 12 rings (SSSR count). The Morgan fingerprint density at radius 2 is 0.967 bits per heavy atom. The van der Waals surface area contributed by atoms with E-state index in [0.29, 0.717) is 0 Å². The Hall–Kier alpha value is -7.16. The zero-order valence-corrected chi connectivity index (χ0v) is 34.4. The molecule has 10 aromatic rings. The van der Waals surface area contributed by atoms with Crippen molar-refractivity contribution in [3.63, 3.8) is 0 Å². The summed E-state index contributed by atoms with van der Waals surface area (Å²) in [5, 5.41) is 5.08. The Morgan fingerprint density at radius 3 is 1.77 bits per heavy atom. The minimum atomic E-state index is -0.234. The minimum absolute atomic E-state index is 0.110. The third-order valence-corrected chi connectivity index (χ3v) is 13.8. The van der Waals surface area contributed by atoms with E-state index in [2.05, 4.69) is 231 Å². The number of fused-ring (bicyclic) bond motifs is 11. The van der Waals surface area contributed by atoms with Crippen molar-refractivity contribution < 1.29 is 0 Å². The average Bonchev–Trinajstić information content (AvgIpc) is 3.84. The van der Waals surface area contributed by atoms with E-state index in [-0.39, 0.29) is 10.8 Å². The quantitative estimate of drug-likeness (QED) is 0.169. The largest absolute Gasteiger partial charge is 0.310 e. The van der Waals surface area contributed by atoms with E-state index < -0.39 is 0 Å². The molecule has 0 unspecified atom stereocenters. The molecule has 0 saturated carbocycles. The molecule has 0 amide bonds. The first-order valence-corrected chi connectivity index (χ1v) is 21.2. The van der Waals surface area contributed by atoms with Gasteiger partial charge in [-0.2, -0.15) is 0 Å². The van der Waals surface area contributed by atoms with Crippen LogP contribution in [0.4, 0.5) is 17.1 Å². The molecule has 2 aliphatic carbocycles. The van der Waals surface area contributed by atoms with Gasteiger partial charge in [-0.15, -0.1) is 0 Å². The molecule has 1 heterocycles. The summed E-state index contributed by atoms with van der Waals surface area (Å²) >= 11 is 0. The maximum absolute atomic E-state index is 2.54. The van der Waals surface area contributed by atoms with E-state index in [1.807, 2.05) is 0 Å². The fraction of sp³-hybridized carbons (Fsp3) is 0.103. The molecule has 0 N–H and O–H groups in total. The second-order valence-electron chi connectivity index (χ2n) is 17.7. The van der Waals surface area contributed by atoms with Crippen LogP contribution in [0.3, 0.4) is 0 Å². The van der Waals surface area contributed by atoms with Crippen molar-refractivity contribution in [2.24, 2.45) is 0 Å². The third kappa shape index (κ3) is 4.88. The van der Waals surface area contributed by atoms with Gasteiger partial charge in [0.2, 0.25) is 0 Å². The minimum Gasteiger partial charge on any atom is -0.310 e. The smallest absolute Gasteiger partial charge is 0.0619 e. The van der Waals surface area contributed by atoms with Crippen LogP contribution in [0.2, 0.25) is 0 Å². The van der Waals surface area contributed by atoms with Crippen molar-refractivity contribution in [1.29, 1.82) is 0 Å². The highest BCUT2D eigenvalue weighted by molar-refractivity contribution is 6.19. The van der Waals surface area contributed by atoms with E-state index in [1.54, 1.807) is 0 Å². The SMILES string of the molecule is CC1(C)c2ccccc2-c2ccc(N(c3ccc(-c4ccccc4)cc3)c3ccc4c(c3)C(C)(C)c3cccc(-n5c6ccccc6c6ccc7ccccc7c65)c3-4)cc21. The molecule has 286 valence electrons. The third-order valence-electron chi connectivity index (χ3n) is 13.8. The second kappa shape index (κ2) is 12.7. The van der Waals surface area contributed by atoms with Crippen LogP contribution in [0.5, 0.6) is 0 Å². The first-order valence-electron chi connectivity index (χ1n) is 21.2. The Balaban J connectivity index is 1.06. The fourth-order valence-electron chi connectivity index (χ4n) is 10.8. The van der Waals surface area contributed by atoms with E-state index in [1.165, 1.54) is 93.9 Å². The molecule has 0 spiro atoms. The molecule has 9 aromatic carbocycles. The van der Waals surface area contributed by atoms with Gasteiger partial charge in [-0.25, -0.2) is 0 Å². The lowest BCUT2D eigenvalue weighted by Crippen LogP contribution is -2.18. The van der Waals surface area contributed by atoms with Crippen molar-refractivity contribution in [3.05, 3.63) is 216 Å². The van der Waals surface area contributed by atoms with Gasteiger partial charge in [0, 0.05) is 49.6 Å². The molecular weight excluding hydrogens is 725 g/mol. The lowest BCUT2D eigenvalue weighted by molar-refractivity contribution is 0.660. The standard InChI is InChI=1S/C58H44N2/c1-57(2)49-21-12-10-19-44(49)45-33-30-41(35-51(45)57)59(40-28-25-38(26-29-40)37-15-6-5-7-16-37)42-31-34-48-52(36-42)58(3,4)50-22-14-24-54(55(48)50)60-53-23-13-11-20-46(53)47-32-27-39-17-8-9-18-43(39)56(47)60/h5-36H,1-4H3. The maximum Gasteiger partial charge on any atom is 0.0619 e. The van der Waals surface area contributed by atoms with Crippen molar-refractivity contribution >= 4 is 49.6 Å². The van der Waals surface area contributed by atoms with E-state index in [4.69, 9.17) is 0 Å². The second-order valence-corrected chi connectivity index (χ2v) is 17.7. The van der Waals surface area contributed by atoms with E-state index >= 15 is 0 Å². The highest BCUT2D eigenvalue weighted by Crippen LogP contribution is 2.55. The van der Waals surface area contributed by atoms with Crippen LogP contribution >= 0.6 is 0 Å². The van der Waals surface area contributed by atoms with Crippen LogP contribution in [0, 0.1) is 0 Å². The maximum atomic E-state index is 2.54. The van der Waals surface area contributed by atoms with Crippen LogP contribution < -0.4 is 4.90 Å². The van der Waals surface area contributed by atoms with Gasteiger partial charge in [0.05, 0.1) is 16.7 Å². The molecule has 60 heavy (non-hydrogen) atoms. The van der Waals surface area contributed by atoms with Gasteiger partial charge in [0.1, 0.15) is 0 Å². The number of hydrogen-bond acceptors (Lipinski definition) is 1. The van der Waals surface area contributed by atoms with E-state index in [9.17, 15) is 0 Å². The molecule has 0 bridgehead atoms. The summed E-state index contributed by atoms with van der Waals surface area (Å²) in [6.07, 6.45) is 0. The molecule has 0 saturated heterocycles. The summed E-state index contributed by atoms with van der Waals surface area (Å²) in [6, 6.07) is 72.2. The first kappa shape index (κ1) is 34.8. The fourth-order valence-corrected chi connectivity index (χ4v) is 10.8. The normalized spacial score (nSPS) is 14.3. The lowest BCUT2D eigenvalue weighted by Gasteiger charge is -2.30. The van der Waals surface area contributed by atoms with Gasteiger partial charge in [0.25, 0.3) is 0 Å². The summed E-state index contributed by atoms with van der Waals surface area (Å²) < 4.78 is 2.54. The van der Waals surface area contributed by atoms with Gasteiger partial charge >= 0.3 is 0 Å². The lowest BCUT2D eigenvalue weighted by atomic mass is 9.82. The van der Waals surface area contributed by atoms with Crippen molar-refractivity contribution in [1.82, 2.24) is 4.57 Å². The molecule has 0 fully saturated rings. The van der Waals surface area contributed by atoms with Crippen molar-refractivity contribution in [3.8, 4) is 39.1 Å². The highest BCUT2D eigenvalue weighted by atomic mass is 15.1. The van der Waals surface area contributed by atoms with Gasteiger partial charge in [-0.3, -0.25) is 0 Å². The van der Waals surface area contributed by atoms with Crippen molar-refractivity contribution in [2.75, 3.05) is 4.90 Å². The Bertz CT molecular complexity index is 3360. The van der Waals surface area contributed by atoms with Gasteiger partial charge in [-0.1, -0.05) is 173 Å². The predicted octanol–water partition coefficient (Wildman–Crippen LogP) is 15.7. The number of anilines is 3. The number of aromatic nitrogens is 1. The van der Waals surface area contributed by atoms with Crippen LogP contribution in [0.15, 0.2) is 194 Å². The van der Waals surface area contributed by atoms with Crippen LogP contribution in [0.1, 0.15) is 49.9 Å². The van der Waals surface area contributed by atoms with E-state index in [0.717, 1.165) is 17.1 Å². The van der Waals surface area contributed by atoms with Gasteiger partial charge < -0.3 is 9.47 Å². The topological polar surface area (TPSA) is 8.17 Å². The van der Waals surface area contributed by atoms with Gasteiger partial charge in [0.15, 0.2) is 0 Å². The first-order chi connectivity index (χ1) is 29.3. The zero-order chi connectivity index (χ0) is 40.3. The highest BCUT2D eigenvalue weighted by Gasteiger charge is 2.39. The van der Waals surface area contributed by atoms with Crippen LogP contribution in [-0.4, -0.2) is 4.57 Å². The van der Waals surface area contributed by atoms with Crippen LogP contribution in [0.25, 0.3) is 71.6 Å². The summed E-state index contributed by atoms with van der Waals surface area (Å²) in [5.74, 6) is 0. The Labute approximate surface area is 351 Å². The Morgan fingerprint density at radius 1 is 0.383 bits per heavy atom. The monoisotopic (exact) mass is 768 g/mol. The molecule has 0 aliphatic heterocycles. The molecule has 0 radical (unpaired) electrons. The summed E-state index contributed by atoms with van der Waals surface area (Å²) in [6.45, 7) is 9.54. The average molecular weight is 769 g/mol. The molecule has 2 nitrogen and oxygen atoms in total. The molecule has 1 aromatic heterocycles. The summed E-state index contributed by atoms with van der Waals surface area (Å²) in [7, 11) is 0. The number of hydrogen-bond donors (Lipinski definition) is 0. The number of benzene rings is 9. The Kier molecular flexibility index (Phi) is 7.36. The van der Waals surface area contributed by atoms with Crippen LogP contribution in [-0.2, 0) is 10.8 Å². The van der Waals surface area contributed by atoms with Crippen molar-refractivity contribution in [2.45, 2.75) is 38.5 Å². The predicted molar refractivity (Wildman–Crippen MR) is 254 cm³/mol. The molecular formula is C58H44N2. The molecule has 2 aliphatic rings. The number of nitrogens with zero attached hydrogens (tertiary/aromatic N) is 2. The molecule has 0 atom stereocenters. The number of para-hydroxylation sites is 1. The zero-order valence-electron chi connectivity index (χ0n) is 34.4. The summed E-state index contributed by atoms with van der Waals surface area (Å²) in [5.41, 5.74) is 20.0. The molecule has 2 heteroatoms. The van der Waals surface area contributed by atoms with Gasteiger partial charge in [-0.05, 0) is 104 Å².